The number of nitro groups is 1. The summed E-state index contributed by atoms with van der Waals surface area (Å²) in [5, 5.41) is 21.8. The third kappa shape index (κ3) is 4.38. The van der Waals surface area contributed by atoms with Crippen molar-refractivity contribution in [2.24, 2.45) is 0 Å². The summed E-state index contributed by atoms with van der Waals surface area (Å²) >= 11 is 0. The van der Waals surface area contributed by atoms with Gasteiger partial charge in [-0.2, -0.15) is 5.26 Å². The van der Waals surface area contributed by atoms with Crippen LogP contribution in [0.25, 0.3) is 0 Å². The number of benzene rings is 2. The zero-order chi connectivity index (χ0) is 17.5. The smallest absolute Gasteiger partial charge is 0.338 e. The monoisotopic (exact) mass is 325 g/mol. The van der Waals surface area contributed by atoms with E-state index in [1.54, 1.807) is 18.2 Å². The summed E-state index contributed by atoms with van der Waals surface area (Å²) in [7, 11) is 0. The molecule has 0 atom stereocenters. The lowest BCUT2D eigenvalue weighted by molar-refractivity contribution is -0.384. The Morgan fingerprint density at radius 2 is 1.92 bits per heavy atom. The van der Waals surface area contributed by atoms with Crippen LogP contribution < -0.4 is 5.32 Å². The number of esters is 1. The predicted octanol–water partition coefficient (Wildman–Crippen LogP) is 2.26. The van der Waals surface area contributed by atoms with Crippen molar-refractivity contribution in [2.75, 3.05) is 11.9 Å². The van der Waals surface area contributed by atoms with Crippen LogP contribution in [0.4, 0.5) is 11.4 Å². The lowest BCUT2D eigenvalue weighted by Crippen LogP contribution is -2.20. The Kier molecular flexibility index (Phi) is 5.20. The van der Waals surface area contributed by atoms with Gasteiger partial charge in [0.05, 0.1) is 22.1 Å². The van der Waals surface area contributed by atoms with Gasteiger partial charge in [-0.15, -0.1) is 0 Å². The average Bonchev–Trinajstić information content (AvgIpc) is 2.60. The highest BCUT2D eigenvalue weighted by molar-refractivity contribution is 5.95. The van der Waals surface area contributed by atoms with Crippen molar-refractivity contribution < 1.29 is 19.2 Å². The van der Waals surface area contributed by atoms with Crippen LogP contribution >= 0.6 is 0 Å². The maximum Gasteiger partial charge on any atom is 0.338 e. The number of hydrogen-bond acceptors (Lipinski definition) is 6. The first kappa shape index (κ1) is 16.6. The minimum atomic E-state index is -0.772. The maximum absolute atomic E-state index is 11.8. The number of carbonyl (C=O) groups excluding carboxylic acids is 2. The molecule has 2 aromatic rings. The molecule has 1 amide bonds. The molecule has 8 nitrogen and oxygen atoms in total. The standard InChI is InChI=1S/C16H11N3O5/c17-9-11-2-1-3-13(8-11)18-15(20)10-24-16(21)12-4-6-14(7-5-12)19(22)23/h1-8H,10H2,(H,18,20). The number of hydrogen-bond donors (Lipinski definition) is 1. The van der Waals surface area contributed by atoms with E-state index in [0.717, 1.165) is 0 Å². The second kappa shape index (κ2) is 7.51. The summed E-state index contributed by atoms with van der Waals surface area (Å²) in [5.41, 5.74) is 0.739. The van der Waals surface area contributed by atoms with Gasteiger partial charge in [0.2, 0.25) is 0 Å². The van der Waals surface area contributed by atoms with Gasteiger partial charge in [0.1, 0.15) is 0 Å². The van der Waals surface area contributed by atoms with Crippen LogP contribution in [-0.4, -0.2) is 23.4 Å². The first-order chi connectivity index (χ1) is 11.5. The van der Waals surface area contributed by atoms with Crippen molar-refractivity contribution in [1.82, 2.24) is 0 Å². The molecule has 0 spiro atoms. The molecule has 120 valence electrons. The van der Waals surface area contributed by atoms with Crippen molar-refractivity contribution in [3.8, 4) is 6.07 Å². The molecule has 8 heteroatoms. The van der Waals surface area contributed by atoms with Gasteiger partial charge in [0.25, 0.3) is 11.6 Å². The highest BCUT2D eigenvalue weighted by Gasteiger charge is 2.12. The summed E-state index contributed by atoms with van der Waals surface area (Å²) < 4.78 is 4.83. The third-order valence-corrected chi connectivity index (χ3v) is 2.92. The second-order valence-corrected chi connectivity index (χ2v) is 4.62. The van der Waals surface area contributed by atoms with Crippen LogP contribution in [0.5, 0.6) is 0 Å². The molecular formula is C16H11N3O5. The normalized spacial score (nSPS) is 9.62. The van der Waals surface area contributed by atoms with Crippen LogP contribution in [0.3, 0.4) is 0 Å². The molecule has 0 aromatic heterocycles. The van der Waals surface area contributed by atoms with Crippen molar-refractivity contribution in [3.63, 3.8) is 0 Å². The molecule has 0 aliphatic carbocycles. The Balaban J connectivity index is 1.90. The van der Waals surface area contributed by atoms with Crippen molar-refractivity contribution in [2.45, 2.75) is 0 Å². The fourth-order valence-corrected chi connectivity index (χ4v) is 1.80. The zero-order valence-corrected chi connectivity index (χ0v) is 12.3. The molecule has 0 fully saturated rings. The van der Waals surface area contributed by atoms with E-state index in [0.29, 0.717) is 11.3 Å². The molecule has 0 saturated heterocycles. The number of ether oxygens (including phenoxy) is 1. The van der Waals surface area contributed by atoms with Crippen LogP contribution in [0.2, 0.25) is 0 Å². The summed E-state index contributed by atoms with van der Waals surface area (Å²) in [6, 6.07) is 13.0. The van der Waals surface area contributed by atoms with E-state index in [1.165, 1.54) is 30.3 Å². The largest absolute Gasteiger partial charge is 0.452 e. The van der Waals surface area contributed by atoms with E-state index >= 15 is 0 Å². The van der Waals surface area contributed by atoms with E-state index in [1.807, 2.05) is 6.07 Å². The number of nitrogens with zero attached hydrogens (tertiary/aromatic N) is 2. The molecule has 0 heterocycles. The topological polar surface area (TPSA) is 122 Å². The number of nitriles is 1. The minimum Gasteiger partial charge on any atom is -0.452 e. The summed E-state index contributed by atoms with van der Waals surface area (Å²) in [5.74, 6) is -1.34. The van der Waals surface area contributed by atoms with Gasteiger partial charge in [0.15, 0.2) is 6.61 Å². The van der Waals surface area contributed by atoms with Gasteiger partial charge < -0.3 is 10.1 Å². The molecule has 2 rings (SSSR count). The Labute approximate surface area is 136 Å². The summed E-state index contributed by atoms with van der Waals surface area (Å²) in [6.07, 6.45) is 0. The van der Waals surface area contributed by atoms with Crippen molar-refractivity contribution in [3.05, 3.63) is 69.8 Å². The number of nitrogens with one attached hydrogen (secondary N) is 1. The molecule has 24 heavy (non-hydrogen) atoms. The average molecular weight is 325 g/mol. The molecule has 0 aliphatic heterocycles. The van der Waals surface area contributed by atoms with Gasteiger partial charge in [-0.05, 0) is 30.3 Å². The Morgan fingerprint density at radius 1 is 1.21 bits per heavy atom. The molecule has 2 aromatic carbocycles. The molecule has 0 bridgehead atoms. The SMILES string of the molecule is N#Cc1cccc(NC(=O)COC(=O)c2ccc([N+](=O)[O-])cc2)c1. The lowest BCUT2D eigenvalue weighted by Gasteiger charge is -2.06. The summed E-state index contributed by atoms with van der Waals surface area (Å²) in [6.45, 7) is -0.521. The maximum atomic E-state index is 11.8. The first-order valence-corrected chi connectivity index (χ1v) is 6.71. The fourth-order valence-electron chi connectivity index (χ4n) is 1.80. The number of rotatable bonds is 5. The number of non-ortho nitro benzene ring substituents is 1. The third-order valence-electron chi connectivity index (χ3n) is 2.92. The van der Waals surface area contributed by atoms with E-state index in [9.17, 15) is 19.7 Å². The number of amides is 1. The van der Waals surface area contributed by atoms with Gasteiger partial charge in [-0.3, -0.25) is 14.9 Å². The quantitative estimate of drug-likeness (QED) is 0.511. The van der Waals surface area contributed by atoms with E-state index in [-0.39, 0.29) is 11.3 Å². The van der Waals surface area contributed by atoms with Gasteiger partial charge in [0, 0.05) is 17.8 Å². The highest BCUT2D eigenvalue weighted by atomic mass is 16.6. The predicted molar refractivity (Wildman–Crippen MR) is 83.2 cm³/mol. The van der Waals surface area contributed by atoms with Crippen molar-refractivity contribution in [1.29, 1.82) is 5.26 Å². The zero-order valence-electron chi connectivity index (χ0n) is 12.3. The molecule has 0 saturated carbocycles. The number of anilines is 1. The number of carbonyl (C=O) groups is 2. The highest BCUT2D eigenvalue weighted by Crippen LogP contribution is 2.13. The molecule has 0 unspecified atom stereocenters. The molecular weight excluding hydrogens is 314 g/mol. The van der Waals surface area contributed by atoms with E-state index in [4.69, 9.17) is 10.00 Å². The Hall–Kier alpha value is -3.73. The van der Waals surface area contributed by atoms with Crippen molar-refractivity contribution >= 4 is 23.3 Å². The van der Waals surface area contributed by atoms with Gasteiger partial charge >= 0.3 is 5.97 Å². The first-order valence-electron chi connectivity index (χ1n) is 6.71. The van der Waals surface area contributed by atoms with Crippen LogP contribution in [0.15, 0.2) is 48.5 Å². The molecule has 0 aliphatic rings. The molecule has 0 radical (unpaired) electrons. The lowest BCUT2D eigenvalue weighted by atomic mass is 10.2. The Morgan fingerprint density at radius 3 is 2.54 bits per heavy atom. The van der Waals surface area contributed by atoms with Crippen LogP contribution in [-0.2, 0) is 9.53 Å². The Bertz CT molecular complexity index is 824. The van der Waals surface area contributed by atoms with E-state index < -0.39 is 23.4 Å². The second-order valence-electron chi connectivity index (χ2n) is 4.62. The number of nitro benzene ring substituents is 1. The van der Waals surface area contributed by atoms with E-state index in [2.05, 4.69) is 5.32 Å². The van der Waals surface area contributed by atoms with Gasteiger partial charge in [-0.25, -0.2) is 4.79 Å². The fraction of sp³-hybridized carbons (Fsp3) is 0.0625. The summed E-state index contributed by atoms with van der Waals surface area (Å²) in [4.78, 5) is 33.4. The molecule has 1 N–H and O–H groups in total. The van der Waals surface area contributed by atoms with Crippen LogP contribution in [0, 0.1) is 21.4 Å². The van der Waals surface area contributed by atoms with Crippen LogP contribution in [0.1, 0.15) is 15.9 Å². The van der Waals surface area contributed by atoms with Gasteiger partial charge in [-0.1, -0.05) is 6.07 Å². The minimum absolute atomic E-state index is 0.0971.